The summed E-state index contributed by atoms with van der Waals surface area (Å²) < 4.78 is 0. The Morgan fingerprint density at radius 1 is 1.31 bits per heavy atom. The highest BCUT2D eigenvalue weighted by Crippen LogP contribution is 2.07. The molecule has 0 N–H and O–H groups in total. The summed E-state index contributed by atoms with van der Waals surface area (Å²) in [6, 6.07) is 0. The molecule has 0 atom stereocenters. The Hall–Kier alpha value is -0.980. The molecule has 0 amide bonds. The minimum absolute atomic E-state index is 0.952. The number of hydrogen-bond donors (Lipinski definition) is 0. The lowest BCUT2D eigenvalue weighted by Gasteiger charge is -2.15. The molecule has 0 radical (unpaired) electrons. The van der Waals surface area contributed by atoms with Gasteiger partial charge in [0.2, 0.25) is 0 Å². The number of allylic oxidation sites excluding steroid dienone is 4. The van der Waals surface area contributed by atoms with E-state index < -0.39 is 0 Å². The van der Waals surface area contributed by atoms with Crippen LogP contribution in [-0.4, -0.2) is 19.0 Å². The third-order valence-electron chi connectivity index (χ3n) is 1.82. The number of rotatable bonds is 6. The maximum absolute atomic E-state index is 3.71. The van der Waals surface area contributed by atoms with Gasteiger partial charge in [-0.3, -0.25) is 0 Å². The van der Waals surface area contributed by atoms with Crippen molar-refractivity contribution in [2.45, 2.75) is 26.2 Å². The van der Waals surface area contributed by atoms with E-state index in [0.717, 1.165) is 19.3 Å². The zero-order valence-corrected chi connectivity index (χ0v) is 9.09. The second-order valence-electron chi connectivity index (χ2n) is 3.20. The summed E-state index contributed by atoms with van der Waals surface area (Å²) in [5.74, 6) is 0. The average molecular weight is 179 g/mol. The van der Waals surface area contributed by atoms with Crippen LogP contribution >= 0.6 is 0 Å². The van der Waals surface area contributed by atoms with E-state index in [-0.39, 0.29) is 0 Å². The van der Waals surface area contributed by atoms with Crippen molar-refractivity contribution >= 4 is 0 Å². The van der Waals surface area contributed by atoms with Gasteiger partial charge in [-0.25, -0.2) is 0 Å². The molecule has 0 aromatic heterocycles. The standard InChI is InChI=1S/C12H21N/c1-5-7-9-11-12(13(3)4)10-8-6-2/h6-7,9-10H,2,5,8,11H2,1,3-4H3/b9-7-,12-10+. The average Bonchev–Trinajstić information content (AvgIpc) is 2.10. The Kier molecular flexibility index (Phi) is 7.08. The molecule has 0 rings (SSSR count). The lowest BCUT2D eigenvalue weighted by molar-refractivity contribution is 0.499. The van der Waals surface area contributed by atoms with Gasteiger partial charge in [0.1, 0.15) is 0 Å². The van der Waals surface area contributed by atoms with Crippen LogP contribution < -0.4 is 0 Å². The smallest absolute Gasteiger partial charge is 0.0128 e. The molecule has 0 spiro atoms. The van der Waals surface area contributed by atoms with Crippen molar-refractivity contribution in [3.63, 3.8) is 0 Å². The van der Waals surface area contributed by atoms with Gasteiger partial charge < -0.3 is 4.90 Å². The second kappa shape index (κ2) is 7.66. The molecular formula is C12H21N. The molecule has 0 fully saturated rings. The summed E-state index contributed by atoms with van der Waals surface area (Å²) in [5.41, 5.74) is 1.35. The van der Waals surface area contributed by atoms with Crippen molar-refractivity contribution in [3.8, 4) is 0 Å². The van der Waals surface area contributed by atoms with E-state index in [0.29, 0.717) is 0 Å². The zero-order chi connectivity index (χ0) is 10.1. The molecule has 0 aliphatic heterocycles. The zero-order valence-electron chi connectivity index (χ0n) is 9.09. The van der Waals surface area contributed by atoms with Gasteiger partial charge in [-0.05, 0) is 12.8 Å². The van der Waals surface area contributed by atoms with Crippen molar-refractivity contribution in [1.82, 2.24) is 4.90 Å². The first-order valence-electron chi connectivity index (χ1n) is 4.84. The minimum atomic E-state index is 0.952. The van der Waals surface area contributed by atoms with Crippen molar-refractivity contribution in [3.05, 3.63) is 36.6 Å². The lowest BCUT2D eigenvalue weighted by atomic mass is 10.2. The fourth-order valence-electron chi connectivity index (χ4n) is 1.04. The molecule has 74 valence electrons. The van der Waals surface area contributed by atoms with Crippen LogP contribution in [0.3, 0.4) is 0 Å². The summed E-state index contributed by atoms with van der Waals surface area (Å²) in [6.45, 7) is 5.86. The van der Waals surface area contributed by atoms with Crippen LogP contribution in [0.25, 0.3) is 0 Å². The van der Waals surface area contributed by atoms with Gasteiger partial charge in [-0.2, -0.15) is 0 Å². The minimum Gasteiger partial charge on any atom is -0.381 e. The molecule has 1 heteroatoms. The summed E-state index contributed by atoms with van der Waals surface area (Å²) in [5, 5.41) is 0. The van der Waals surface area contributed by atoms with E-state index in [4.69, 9.17) is 0 Å². The summed E-state index contributed by atoms with van der Waals surface area (Å²) >= 11 is 0. The first-order chi connectivity index (χ1) is 6.22. The normalized spacial score (nSPS) is 12.1. The van der Waals surface area contributed by atoms with Crippen LogP contribution in [0.15, 0.2) is 36.6 Å². The van der Waals surface area contributed by atoms with Crippen LogP contribution in [0.1, 0.15) is 26.2 Å². The molecular weight excluding hydrogens is 158 g/mol. The molecule has 0 unspecified atom stereocenters. The molecule has 0 aliphatic carbocycles. The third kappa shape index (κ3) is 6.21. The van der Waals surface area contributed by atoms with Crippen LogP contribution in [0.2, 0.25) is 0 Å². The summed E-state index contributed by atoms with van der Waals surface area (Å²) in [7, 11) is 4.16. The topological polar surface area (TPSA) is 3.24 Å². The van der Waals surface area contributed by atoms with Crippen molar-refractivity contribution in [2.24, 2.45) is 0 Å². The SMILES string of the molecule is C=CC/C=C(\C/C=C\CC)N(C)C. The molecule has 0 heterocycles. The summed E-state index contributed by atoms with van der Waals surface area (Å²) in [4.78, 5) is 2.16. The Morgan fingerprint density at radius 3 is 2.46 bits per heavy atom. The van der Waals surface area contributed by atoms with Gasteiger partial charge in [0.05, 0.1) is 0 Å². The highest BCUT2D eigenvalue weighted by Gasteiger charge is 1.94. The maximum Gasteiger partial charge on any atom is 0.0128 e. The third-order valence-corrected chi connectivity index (χ3v) is 1.82. The van der Waals surface area contributed by atoms with Gasteiger partial charge in [-0.1, -0.05) is 31.2 Å². The first kappa shape index (κ1) is 12.0. The predicted octanol–water partition coefficient (Wildman–Crippen LogP) is 3.36. The van der Waals surface area contributed by atoms with E-state index in [1.807, 2.05) is 6.08 Å². The Morgan fingerprint density at radius 2 is 2.00 bits per heavy atom. The Labute approximate surface area is 82.4 Å². The van der Waals surface area contributed by atoms with Gasteiger partial charge in [0, 0.05) is 26.2 Å². The maximum atomic E-state index is 3.71. The number of nitrogens with zero attached hydrogens (tertiary/aromatic N) is 1. The molecule has 0 saturated heterocycles. The molecule has 0 aliphatic rings. The lowest BCUT2D eigenvalue weighted by Crippen LogP contribution is -2.10. The van der Waals surface area contributed by atoms with E-state index in [1.165, 1.54) is 5.70 Å². The van der Waals surface area contributed by atoms with Crippen molar-refractivity contribution in [1.29, 1.82) is 0 Å². The predicted molar refractivity (Wildman–Crippen MR) is 60.6 cm³/mol. The van der Waals surface area contributed by atoms with Crippen molar-refractivity contribution in [2.75, 3.05) is 14.1 Å². The fraction of sp³-hybridized carbons (Fsp3) is 0.500. The van der Waals surface area contributed by atoms with Gasteiger partial charge in [-0.15, -0.1) is 6.58 Å². The van der Waals surface area contributed by atoms with Crippen LogP contribution in [0.4, 0.5) is 0 Å². The van der Waals surface area contributed by atoms with Crippen LogP contribution in [0, 0.1) is 0 Å². The Bertz CT molecular complexity index is 187. The second-order valence-corrected chi connectivity index (χ2v) is 3.20. The Balaban J connectivity index is 4.09. The monoisotopic (exact) mass is 179 g/mol. The molecule has 0 bridgehead atoms. The van der Waals surface area contributed by atoms with E-state index in [2.05, 4.69) is 50.7 Å². The van der Waals surface area contributed by atoms with Crippen LogP contribution in [0.5, 0.6) is 0 Å². The van der Waals surface area contributed by atoms with E-state index in [9.17, 15) is 0 Å². The molecule has 1 nitrogen and oxygen atoms in total. The highest BCUT2D eigenvalue weighted by molar-refractivity contribution is 5.07. The molecule has 0 aromatic rings. The van der Waals surface area contributed by atoms with E-state index in [1.54, 1.807) is 0 Å². The van der Waals surface area contributed by atoms with Crippen molar-refractivity contribution < 1.29 is 0 Å². The molecule has 13 heavy (non-hydrogen) atoms. The molecule has 0 aromatic carbocycles. The van der Waals surface area contributed by atoms with Gasteiger partial charge in [0.25, 0.3) is 0 Å². The summed E-state index contributed by atoms with van der Waals surface area (Å²) in [6.07, 6.45) is 11.6. The van der Waals surface area contributed by atoms with Gasteiger partial charge >= 0.3 is 0 Å². The number of hydrogen-bond acceptors (Lipinski definition) is 1. The van der Waals surface area contributed by atoms with Gasteiger partial charge in [0.15, 0.2) is 0 Å². The first-order valence-corrected chi connectivity index (χ1v) is 4.84. The quantitative estimate of drug-likeness (QED) is 0.565. The fourth-order valence-corrected chi connectivity index (χ4v) is 1.04. The largest absolute Gasteiger partial charge is 0.381 e. The van der Waals surface area contributed by atoms with E-state index >= 15 is 0 Å². The molecule has 0 saturated carbocycles. The van der Waals surface area contributed by atoms with Crippen LogP contribution in [-0.2, 0) is 0 Å². The highest BCUT2D eigenvalue weighted by atomic mass is 15.1.